The molecule has 5 nitrogen and oxygen atoms in total. The molecule has 1 N–H and O–H groups in total. The Morgan fingerprint density at radius 2 is 2.00 bits per heavy atom. The maximum Gasteiger partial charge on any atom is 0.273 e. The number of likely N-dealkylation sites (tertiary alicyclic amines) is 1. The summed E-state index contributed by atoms with van der Waals surface area (Å²) in [6.07, 6.45) is 3.73. The van der Waals surface area contributed by atoms with Crippen LogP contribution in [-0.2, 0) is 0 Å². The Kier molecular flexibility index (Phi) is 5.88. The number of piperidine rings is 1. The van der Waals surface area contributed by atoms with Crippen molar-refractivity contribution in [1.29, 1.82) is 0 Å². The number of nitrogens with zero attached hydrogens (tertiary/aromatic N) is 2. The lowest BCUT2D eigenvalue weighted by Crippen LogP contribution is -2.40. The van der Waals surface area contributed by atoms with Crippen LogP contribution in [-0.4, -0.2) is 35.6 Å². The lowest BCUT2D eigenvalue weighted by molar-refractivity contribution is 0.0917. The summed E-state index contributed by atoms with van der Waals surface area (Å²) in [5.74, 6) is 0.414. The fraction of sp³-hybridized carbons (Fsp3) is 0.364. The highest BCUT2D eigenvalue weighted by Gasteiger charge is 2.24. The molecular weight excluding hydrogens is 370 g/mol. The number of rotatable bonds is 6. The van der Waals surface area contributed by atoms with Gasteiger partial charge in [-0.15, -0.1) is 11.3 Å². The average molecular weight is 396 g/mol. The number of hydrogen-bond donors (Lipinski definition) is 1. The third-order valence-corrected chi connectivity index (χ3v) is 6.21. The van der Waals surface area contributed by atoms with E-state index < -0.39 is 0 Å². The minimum Gasteiger partial charge on any atom is -0.355 e. The molecule has 4 rings (SSSR count). The first kappa shape index (κ1) is 18.9. The Labute approximate surface area is 169 Å². The Hall–Kier alpha value is -2.44. The SMILES string of the molecule is Cc1ccc(-c2cc(C(=O)NCC(c3cccs3)N3CCCCC3)no2)cc1. The van der Waals surface area contributed by atoms with Crippen LogP contribution in [0.5, 0.6) is 0 Å². The van der Waals surface area contributed by atoms with Gasteiger partial charge in [0, 0.05) is 23.1 Å². The largest absolute Gasteiger partial charge is 0.355 e. The van der Waals surface area contributed by atoms with Crippen LogP contribution in [0.25, 0.3) is 11.3 Å². The van der Waals surface area contributed by atoms with E-state index in [1.54, 1.807) is 17.4 Å². The van der Waals surface area contributed by atoms with Crippen LogP contribution in [0.4, 0.5) is 0 Å². The number of hydrogen-bond acceptors (Lipinski definition) is 5. The van der Waals surface area contributed by atoms with Crippen LogP contribution >= 0.6 is 11.3 Å². The normalized spacial score (nSPS) is 16.0. The molecular formula is C22H25N3O2S. The molecule has 0 radical (unpaired) electrons. The summed E-state index contributed by atoms with van der Waals surface area (Å²) in [6.45, 7) is 4.78. The predicted molar refractivity (Wildman–Crippen MR) is 111 cm³/mol. The first-order chi connectivity index (χ1) is 13.7. The summed E-state index contributed by atoms with van der Waals surface area (Å²) in [4.78, 5) is 16.4. The molecule has 1 unspecified atom stereocenters. The predicted octanol–water partition coefficient (Wildman–Crippen LogP) is 4.67. The van der Waals surface area contributed by atoms with Gasteiger partial charge in [0.1, 0.15) is 0 Å². The second-order valence-electron chi connectivity index (χ2n) is 7.28. The molecule has 1 saturated heterocycles. The van der Waals surface area contributed by atoms with Gasteiger partial charge < -0.3 is 9.84 Å². The Morgan fingerprint density at radius 3 is 2.71 bits per heavy atom. The average Bonchev–Trinajstić information content (AvgIpc) is 3.42. The fourth-order valence-corrected chi connectivity index (χ4v) is 4.50. The van der Waals surface area contributed by atoms with E-state index in [1.165, 1.54) is 29.7 Å². The molecule has 1 fully saturated rings. The van der Waals surface area contributed by atoms with Gasteiger partial charge in [-0.25, -0.2) is 0 Å². The minimum atomic E-state index is -0.194. The zero-order chi connectivity index (χ0) is 19.3. The summed E-state index contributed by atoms with van der Waals surface area (Å²) in [7, 11) is 0. The first-order valence-corrected chi connectivity index (χ1v) is 10.7. The van der Waals surface area contributed by atoms with E-state index in [9.17, 15) is 4.79 Å². The zero-order valence-corrected chi connectivity index (χ0v) is 16.9. The molecule has 0 spiro atoms. The van der Waals surface area contributed by atoms with Gasteiger partial charge in [0.2, 0.25) is 0 Å². The van der Waals surface area contributed by atoms with Crippen molar-refractivity contribution in [2.75, 3.05) is 19.6 Å². The summed E-state index contributed by atoms with van der Waals surface area (Å²) >= 11 is 1.75. The third kappa shape index (κ3) is 4.34. The number of benzene rings is 1. The summed E-state index contributed by atoms with van der Waals surface area (Å²) in [6, 6.07) is 14.1. The monoisotopic (exact) mass is 395 g/mol. The van der Waals surface area contributed by atoms with Crippen molar-refractivity contribution in [3.05, 3.63) is 64.0 Å². The van der Waals surface area contributed by atoms with Crippen molar-refractivity contribution in [2.24, 2.45) is 0 Å². The number of thiophene rings is 1. The molecule has 1 aliphatic heterocycles. The second-order valence-corrected chi connectivity index (χ2v) is 8.26. The minimum absolute atomic E-state index is 0.194. The molecule has 3 aromatic rings. The van der Waals surface area contributed by atoms with Gasteiger partial charge in [-0.3, -0.25) is 9.69 Å². The van der Waals surface area contributed by atoms with E-state index in [0.717, 1.165) is 18.7 Å². The number of carbonyl (C=O) groups excluding carboxylic acids is 1. The smallest absolute Gasteiger partial charge is 0.273 e. The van der Waals surface area contributed by atoms with Crippen molar-refractivity contribution < 1.29 is 9.32 Å². The molecule has 1 amide bonds. The molecule has 146 valence electrons. The number of aryl methyl sites for hydroxylation is 1. The van der Waals surface area contributed by atoms with Crippen LogP contribution < -0.4 is 5.32 Å². The molecule has 6 heteroatoms. The molecule has 2 aromatic heterocycles. The Bertz CT molecular complexity index is 896. The molecule has 0 bridgehead atoms. The van der Waals surface area contributed by atoms with Crippen molar-refractivity contribution in [3.63, 3.8) is 0 Å². The van der Waals surface area contributed by atoms with E-state index >= 15 is 0 Å². The van der Waals surface area contributed by atoms with Gasteiger partial charge in [-0.1, -0.05) is 47.5 Å². The van der Waals surface area contributed by atoms with E-state index in [2.05, 4.69) is 32.9 Å². The zero-order valence-electron chi connectivity index (χ0n) is 16.1. The van der Waals surface area contributed by atoms with Gasteiger partial charge in [-0.2, -0.15) is 0 Å². The second kappa shape index (κ2) is 8.71. The van der Waals surface area contributed by atoms with Crippen LogP contribution in [0, 0.1) is 6.92 Å². The Morgan fingerprint density at radius 1 is 1.21 bits per heavy atom. The van der Waals surface area contributed by atoms with Gasteiger partial charge in [0.25, 0.3) is 5.91 Å². The number of carbonyl (C=O) groups is 1. The standard InChI is InChI=1S/C22H25N3O2S/c1-16-7-9-17(10-8-16)20-14-18(24-27-20)22(26)23-15-19(21-6-5-13-28-21)25-11-3-2-4-12-25/h5-10,13-14,19H,2-4,11-12,15H2,1H3,(H,23,26). The molecule has 1 aliphatic rings. The van der Waals surface area contributed by atoms with E-state index in [4.69, 9.17) is 4.52 Å². The number of nitrogens with one attached hydrogen (secondary N) is 1. The highest BCUT2D eigenvalue weighted by Crippen LogP contribution is 2.27. The van der Waals surface area contributed by atoms with E-state index in [0.29, 0.717) is 18.0 Å². The summed E-state index contributed by atoms with van der Waals surface area (Å²) in [5, 5.41) is 9.13. The highest BCUT2D eigenvalue weighted by molar-refractivity contribution is 7.10. The third-order valence-electron chi connectivity index (χ3n) is 5.24. The molecule has 0 saturated carbocycles. The first-order valence-electron chi connectivity index (χ1n) is 9.80. The van der Waals surface area contributed by atoms with Gasteiger partial charge in [0.05, 0.1) is 6.04 Å². The number of amides is 1. The molecule has 1 aromatic carbocycles. The van der Waals surface area contributed by atoms with Crippen LogP contribution in [0.1, 0.15) is 46.2 Å². The molecule has 28 heavy (non-hydrogen) atoms. The lowest BCUT2D eigenvalue weighted by atomic mass is 10.1. The van der Waals surface area contributed by atoms with Gasteiger partial charge in [0.15, 0.2) is 11.5 Å². The fourth-order valence-electron chi connectivity index (χ4n) is 3.64. The van der Waals surface area contributed by atoms with Gasteiger partial charge in [-0.05, 0) is 44.3 Å². The maximum absolute atomic E-state index is 12.7. The maximum atomic E-state index is 12.7. The number of aromatic nitrogens is 1. The quantitative estimate of drug-likeness (QED) is 0.659. The van der Waals surface area contributed by atoms with E-state index in [-0.39, 0.29) is 11.9 Å². The van der Waals surface area contributed by atoms with Crippen molar-refractivity contribution in [3.8, 4) is 11.3 Å². The van der Waals surface area contributed by atoms with Crippen molar-refractivity contribution in [2.45, 2.75) is 32.2 Å². The lowest BCUT2D eigenvalue weighted by Gasteiger charge is -2.34. The van der Waals surface area contributed by atoms with Crippen molar-refractivity contribution >= 4 is 17.2 Å². The topological polar surface area (TPSA) is 58.4 Å². The Balaban J connectivity index is 1.43. The molecule has 1 atom stereocenters. The molecule has 3 heterocycles. The van der Waals surface area contributed by atoms with Crippen molar-refractivity contribution in [1.82, 2.24) is 15.4 Å². The molecule has 0 aliphatic carbocycles. The summed E-state index contributed by atoms with van der Waals surface area (Å²) < 4.78 is 5.39. The van der Waals surface area contributed by atoms with Gasteiger partial charge >= 0.3 is 0 Å². The summed E-state index contributed by atoms with van der Waals surface area (Å²) in [5.41, 5.74) is 2.42. The van der Waals surface area contributed by atoms with Crippen LogP contribution in [0.2, 0.25) is 0 Å². The van der Waals surface area contributed by atoms with E-state index in [1.807, 2.05) is 31.2 Å². The highest BCUT2D eigenvalue weighted by atomic mass is 32.1. The van der Waals surface area contributed by atoms with Crippen LogP contribution in [0.3, 0.4) is 0 Å². The van der Waals surface area contributed by atoms with Crippen LogP contribution in [0.15, 0.2) is 52.4 Å².